The van der Waals surface area contributed by atoms with E-state index in [1.54, 1.807) is 27.7 Å². The number of alkyl carbamates (subject to hydrolysis) is 1. The van der Waals surface area contributed by atoms with Gasteiger partial charge in [-0.2, -0.15) is 0 Å². The second kappa shape index (κ2) is 5.87. The van der Waals surface area contributed by atoms with Crippen molar-refractivity contribution in [2.45, 2.75) is 45.4 Å². The van der Waals surface area contributed by atoms with Crippen molar-refractivity contribution in [1.82, 2.24) is 5.32 Å². The molecule has 0 aromatic heterocycles. The van der Waals surface area contributed by atoms with E-state index in [-0.39, 0.29) is 0 Å². The number of hydrogen-bond acceptors (Lipinski definition) is 3. The van der Waals surface area contributed by atoms with E-state index >= 15 is 0 Å². The zero-order chi connectivity index (χ0) is 13.8. The van der Waals surface area contributed by atoms with Gasteiger partial charge in [0, 0.05) is 0 Å². The van der Waals surface area contributed by atoms with Gasteiger partial charge in [0.05, 0.1) is 12.1 Å². The summed E-state index contributed by atoms with van der Waals surface area (Å²) in [6.07, 6.45) is -1.27. The maximum absolute atomic E-state index is 11.6. The molecule has 1 rings (SSSR count). The van der Waals surface area contributed by atoms with Gasteiger partial charge in [-0.3, -0.25) is 0 Å². The molecule has 0 saturated carbocycles. The first-order valence-corrected chi connectivity index (χ1v) is 6.02. The fourth-order valence-electron chi connectivity index (χ4n) is 1.51. The van der Waals surface area contributed by atoms with Crippen molar-refractivity contribution in [3.63, 3.8) is 0 Å². The van der Waals surface area contributed by atoms with E-state index in [9.17, 15) is 9.90 Å². The Kier molecular flexibility index (Phi) is 4.73. The normalized spacial score (nSPS) is 14.7. The third kappa shape index (κ3) is 4.75. The van der Waals surface area contributed by atoms with Crippen LogP contribution in [0, 0.1) is 0 Å². The van der Waals surface area contributed by atoms with Crippen LogP contribution < -0.4 is 5.32 Å². The van der Waals surface area contributed by atoms with Gasteiger partial charge in [-0.25, -0.2) is 4.79 Å². The average molecular weight is 251 g/mol. The summed E-state index contributed by atoms with van der Waals surface area (Å²) in [5.74, 6) is 0. The van der Waals surface area contributed by atoms with Crippen LogP contribution in [-0.2, 0) is 4.74 Å². The molecule has 0 spiro atoms. The van der Waals surface area contributed by atoms with Crippen LogP contribution in [0.5, 0.6) is 0 Å². The van der Waals surface area contributed by atoms with Gasteiger partial charge in [0.2, 0.25) is 0 Å². The van der Waals surface area contributed by atoms with Gasteiger partial charge < -0.3 is 15.2 Å². The van der Waals surface area contributed by atoms with E-state index < -0.39 is 23.8 Å². The van der Waals surface area contributed by atoms with E-state index in [2.05, 4.69) is 5.32 Å². The van der Waals surface area contributed by atoms with Crippen LogP contribution in [0.1, 0.15) is 39.4 Å². The standard InChI is InChI=1S/C14H21NO3/c1-10(15-13(17)18-14(2,3)4)12(16)11-8-6-5-7-9-11/h5-10,12,16H,1-4H3,(H,15,17)/t10-,12?/m0/s1. The molecule has 0 heterocycles. The van der Waals surface area contributed by atoms with Gasteiger partial charge in [0.1, 0.15) is 5.60 Å². The van der Waals surface area contributed by atoms with Crippen molar-refractivity contribution in [3.8, 4) is 0 Å². The fourth-order valence-corrected chi connectivity index (χ4v) is 1.51. The minimum atomic E-state index is -0.751. The molecule has 100 valence electrons. The number of benzene rings is 1. The Balaban J connectivity index is 2.55. The van der Waals surface area contributed by atoms with Gasteiger partial charge in [-0.1, -0.05) is 30.3 Å². The highest BCUT2D eigenvalue weighted by molar-refractivity contribution is 5.68. The van der Waals surface area contributed by atoms with E-state index in [1.807, 2.05) is 30.3 Å². The number of carbonyl (C=O) groups excluding carboxylic acids is 1. The zero-order valence-corrected chi connectivity index (χ0v) is 11.3. The van der Waals surface area contributed by atoms with Crippen LogP contribution >= 0.6 is 0 Å². The third-order valence-corrected chi connectivity index (χ3v) is 2.36. The molecule has 2 N–H and O–H groups in total. The van der Waals surface area contributed by atoms with Crippen LogP contribution in [0.2, 0.25) is 0 Å². The SMILES string of the molecule is C[C@H](NC(=O)OC(C)(C)C)C(O)c1ccccc1. The van der Waals surface area contributed by atoms with Gasteiger partial charge in [-0.15, -0.1) is 0 Å². The third-order valence-electron chi connectivity index (χ3n) is 2.36. The molecule has 0 aliphatic heterocycles. The Hall–Kier alpha value is -1.55. The molecule has 0 fully saturated rings. The number of rotatable bonds is 3. The zero-order valence-electron chi connectivity index (χ0n) is 11.3. The molecule has 0 aliphatic carbocycles. The first-order chi connectivity index (χ1) is 8.29. The molecular formula is C14H21NO3. The molecular weight excluding hydrogens is 230 g/mol. The van der Waals surface area contributed by atoms with Crippen molar-refractivity contribution in [3.05, 3.63) is 35.9 Å². The fraction of sp³-hybridized carbons (Fsp3) is 0.500. The summed E-state index contributed by atoms with van der Waals surface area (Å²) in [5, 5.41) is 12.7. The first-order valence-electron chi connectivity index (χ1n) is 6.02. The molecule has 0 saturated heterocycles. The number of amides is 1. The molecule has 0 aliphatic rings. The molecule has 4 nitrogen and oxygen atoms in total. The summed E-state index contributed by atoms with van der Waals surface area (Å²) in [4.78, 5) is 11.6. The van der Waals surface area contributed by atoms with Gasteiger partial charge in [-0.05, 0) is 33.3 Å². The smallest absolute Gasteiger partial charge is 0.407 e. The average Bonchev–Trinajstić information content (AvgIpc) is 2.26. The summed E-state index contributed by atoms with van der Waals surface area (Å²) in [6.45, 7) is 7.13. The van der Waals surface area contributed by atoms with E-state index in [0.29, 0.717) is 0 Å². The predicted molar refractivity (Wildman–Crippen MR) is 70.2 cm³/mol. The molecule has 4 heteroatoms. The first kappa shape index (κ1) is 14.5. The van der Waals surface area contributed by atoms with Gasteiger partial charge >= 0.3 is 6.09 Å². The molecule has 18 heavy (non-hydrogen) atoms. The quantitative estimate of drug-likeness (QED) is 0.868. The monoisotopic (exact) mass is 251 g/mol. The maximum atomic E-state index is 11.6. The van der Waals surface area contributed by atoms with E-state index in [4.69, 9.17) is 4.74 Å². The summed E-state index contributed by atoms with van der Waals surface area (Å²) in [6, 6.07) is 8.79. The summed E-state index contributed by atoms with van der Waals surface area (Å²) >= 11 is 0. The lowest BCUT2D eigenvalue weighted by Crippen LogP contribution is -2.40. The summed E-state index contributed by atoms with van der Waals surface area (Å²) in [5.41, 5.74) is 0.225. The molecule has 0 bridgehead atoms. The largest absolute Gasteiger partial charge is 0.444 e. The lowest BCUT2D eigenvalue weighted by molar-refractivity contribution is 0.0436. The molecule has 2 atom stereocenters. The van der Waals surface area contributed by atoms with Crippen LogP contribution in [-0.4, -0.2) is 22.8 Å². The Labute approximate surface area is 108 Å². The predicted octanol–water partition coefficient (Wildman–Crippen LogP) is 2.63. The van der Waals surface area contributed by atoms with Crippen molar-refractivity contribution in [2.75, 3.05) is 0 Å². The minimum Gasteiger partial charge on any atom is -0.444 e. The Morgan fingerprint density at radius 3 is 2.33 bits per heavy atom. The highest BCUT2D eigenvalue weighted by Crippen LogP contribution is 2.16. The number of carbonyl (C=O) groups is 1. The topological polar surface area (TPSA) is 58.6 Å². The number of nitrogens with one attached hydrogen (secondary N) is 1. The molecule has 1 amide bonds. The number of ether oxygens (including phenoxy) is 1. The molecule has 1 aromatic carbocycles. The second-order valence-corrected chi connectivity index (χ2v) is 5.29. The van der Waals surface area contributed by atoms with Crippen molar-refractivity contribution >= 4 is 6.09 Å². The highest BCUT2D eigenvalue weighted by Gasteiger charge is 2.22. The summed E-state index contributed by atoms with van der Waals surface area (Å²) in [7, 11) is 0. The maximum Gasteiger partial charge on any atom is 0.407 e. The van der Waals surface area contributed by atoms with Crippen molar-refractivity contribution in [2.24, 2.45) is 0 Å². The Bertz CT molecular complexity index is 384. The van der Waals surface area contributed by atoms with Crippen LogP contribution in [0.15, 0.2) is 30.3 Å². The lowest BCUT2D eigenvalue weighted by Gasteiger charge is -2.24. The Morgan fingerprint density at radius 1 is 1.28 bits per heavy atom. The Morgan fingerprint density at radius 2 is 1.83 bits per heavy atom. The van der Waals surface area contributed by atoms with Gasteiger partial charge in [0.15, 0.2) is 0 Å². The lowest BCUT2D eigenvalue weighted by atomic mass is 10.0. The highest BCUT2D eigenvalue weighted by atomic mass is 16.6. The van der Waals surface area contributed by atoms with E-state index in [1.165, 1.54) is 0 Å². The van der Waals surface area contributed by atoms with Crippen LogP contribution in [0.4, 0.5) is 4.79 Å². The van der Waals surface area contributed by atoms with Crippen LogP contribution in [0.25, 0.3) is 0 Å². The second-order valence-electron chi connectivity index (χ2n) is 5.29. The molecule has 1 aromatic rings. The summed E-state index contributed by atoms with van der Waals surface area (Å²) < 4.78 is 5.13. The van der Waals surface area contributed by atoms with Crippen LogP contribution in [0.3, 0.4) is 0 Å². The number of aliphatic hydroxyl groups is 1. The number of hydrogen-bond donors (Lipinski definition) is 2. The van der Waals surface area contributed by atoms with Crippen molar-refractivity contribution in [1.29, 1.82) is 0 Å². The van der Waals surface area contributed by atoms with E-state index in [0.717, 1.165) is 5.56 Å². The number of aliphatic hydroxyl groups excluding tert-OH is 1. The molecule has 0 radical (unpaired) electrons. The minimum absolute atomic E-state index is 0.415. The molecule has 1 unspecified atom stereocenters. The van der Waals surface area contributed by atoms with Gasteiger partial charge in [0.25, 0.3) is 0 Å². The van der Waals surface area contributed by atoms with Crippen molar-refractivity contribution < 1.29 is 14.6 Å².